The molecule has 0 saturated carbocycles. The fourth-order valence-corrected chi connectivity index (χ4v) is 14.6. The predicted molar refractivity (Wildman–Crippen MR) is 383 cm³/mol. The second-order valence-corrected chi connectivity index (χ2v) is 23.8. The van der Waals surface area contributed by atoms with Crippen LogP contribution in [0.1, 0.15) is 0 Å². The Hall–Kier alpha value is -12.9. The molecule has 0 aliphatic rings. The molecule has 0 spiro atoms. The Labute approximate surface area is 538 Å². The van der Waals surface area contributed by atoms with Crippen LogP contribution in [0.2, 0.25) is 0 Å². The normalized spacial score (nSPS) is 11.8. The van der Waals surface area contributed by atoms with Crippen LogP contribution in [0.4, 0.5) is 0 Å². The minimum atomic E-state index is 0.516. The van der Waals surface area contributed by atoms with Gasteiger partial charge in [-0.2, -0.15) is 0 Å². The van der Waals surface area contributed by atoms with Crippen LogP contribution in [0.25, 0.3) is 178 Å². The van der Waals surface area contributed by atoms with Crippen molar-refractivity contribution in [3.05, 3.63) is 316 Å². The summed E-state index contributed by atoms with van der Waals surface area (Å²) in [5.74, 6) is 2.35. The van der Waals surface area contributed by atoms with E-state index in [1.807, 2.05) is 61.2 Å². The number of rotatable bonds is 10. The quantitative estimate of drug-likeness (QED) is 0.135. The highest BCUT2D eigenvalue weighted by molar-refractivity contribution is 6.15. The van der Waals surface area contributed by atoms with Gasteiger partial charge in [-0.3, -0.25) is 14.5 Å². The molecule has 0 radical (unpaired) electrons. The van der Waals surface area contributed by atoms with Crippen LogP contribution in [-0.2, 0) is 0 Å². The lowest BCUT2D eigenvalue weighted by molar-refractivity contribution is 1.05. The molecule has 8 heterocycles. The van der Waals surface area contributed by atoms with Gasteiger partial charge in [-0.05, 0) is 83.9 Å². The van der Waals surface area contributed by atoms with Gasteiger partial charge in [0.25, 0.3) is 0 Å². The average molecular weight is 1200 g/mol. The van der Waals surface area contributed by atoms with E-state index in [0.717, 1.165) is 133 Å². The first-order chi connectivity index (χ1) is 46.7. The van der Waals surface area contributed by atoms with Gasteiger partial charge < -0.3 is 13.7 Å². The Morgan fingerprint density at radius 1 is 0.223 bits per heavy atom. The summed E-state index contributed by atoms with van der Waals surface area (Å²) in [4.78, 5) is 32.4. The molecule has 0 N–H and O–H groups in total. The lowest BCUT2D eigenvalue weighted by atomic mass is 9.88. The Kier molecular flexibility index (Phi) is 12.0. The summed E-state index contributed by atoms with van der Waals surface area (Å²) >= 11 is 0. The number of nitrogens with zero attached hydrogens (tertiary/aromatic N) is 10. The van der Waals surface area contributed by atoms with Gasteiger partial charge in [-0.1, -0.05) is 218 Å². The molecule has 10 nitrogen and oxygen atoms in total. The molecule has 11 aromatic carbocycles. The third-order valence-electron chi connectivity index (χ3n) is 18.6. The standard InChI is InChI=1S/C84H52N10/c1-3-21-55(22-4-1)81-88-82(56-23-5-2-6-24-56)90-83(89-81)68-32-8-7-31-67(68)78-77(53-39-43-57(44-40-53)91-69-33-15-9-25-59(69)60-26-10-16-34-70(60)91)84(94-74-38-20-14-30-64(74)66-48-50-86-52-76(66)94)87-79(80(78)93-73-37-19-13-29-63(73)65-47-49-85-51-75(65)93)54-41-45-58(46-42-54)92-71-35-17-11-27-61(71)62-28-12-18-36-72(62)92/h1-52H. The molecule has 19 rings (SSSR count). The van der Waals surface area contributed by atoms with Gasteiger partial charge in [0.15, 0.2) is 17.5 Å². The van der Waals surface area contributed by atoms with E-state index in [1.54, 1.807) is 0 Å². The molecule has 0 bridgehead atoms. The summed E-state index contributed by atoms with van der Waals surface area (Å²) in [7, 11) is 0. The molecule has 8 aromatic heterocycles. The van der Waals surface area contributed by atoms with Crippen LogP contribution >= 0.6 is 0 Å². The lowest BCUT2D eigenvalue weighted by Gasteiger charge is -2.26. The van der Waals surface area contributed by atoms with E-state index >= 15 is 0 Å². The maximum atomic E-state index is 6.31. The van der Waals surface area contributed by atoms with Crippen LogP contribution in [0.15, 0.2) is 316 Å². The molecule has 94 heavy (non-hydrogen) atoms. The van der Waals surface area contributed by atoms with Gasteiger partial charge in [-0.15, -0.1) is 0 Å². The van der Waals surface area contributed by atoms with Crippen LogP contribution in [0, 0.1) is 0 Å². The highest BCUT2D eigenvalue weighted by atomic mass is 15.1. The fourth-order valence-electron chi connectivity index (χ4n) is 14.6. The fraction of sp³-hybridized carbons (Fsp3) is 0. The first-order valence-corrected chi connectivity index (χ1v) is 31.6. The number of aromatic nitrogens is 10. The van der Waals surface area contributed by atoms with Gasteiger partial charge in [0.1, 0.15) is 5.82 Å². The topological polar surface area (TPSA) is 97.1 Å². The Morgan fingerprint density at radius 3 is 1.03 bits per heavy atom. The zero-order valence-corrected chi connectivity index (χ0v) is 50.5. The highest BCUT2D eigenvalue weighted by Gasteiger charge is 2.32. The molecule has 19 aromatic rings. The Morgan fingerprint density at radius 2 is 0.574 bits per heavy atom. The molecule has 0 fully saturated rings. The molecule has 0 amide bonds. The van der Waals surface area contributed by atoms with Gasteiger partial charge in [-0.25, -0.2) is 19.9 Å². The Balaban J connectivity index is 0.990. The maximum absolute atomic E-state index is 6.31. The second-order valence-electron chi connectivity index (χ2n) is 23.8. The van der Waals surface area contributed by atoms with Crippen LogP contribution in [0.3, 0.4) is 0 Å². The van der Waals surface area contributed by atoms with E-state index in [1.165, 1.54) is 21.5 Å². The minimum absolute atomic E-state index is 0.516. The molecule has 10 heteroatoms. The van der Waals surface area contributed by atoms with E-state index in [4.69, 9.17) is 29.9 Å². The van der Waals surface area contributed by atoms with Gasteiger partial charge in [0.05, 0.1) is 67.9 Å². The van der Waals surface area contributed by atoms with E-state index < -0.39 is 0 Å². The zero-order valence-electron chi connectivity index (χ0n) is 50.5. The molecule has 0 unspecified atom stereocenters. The second kappa shape index (κ2) is 21.4. The number of hydrogen-bond donors (Lipinski definition) is 0. The molecule has 0 aliphatic heterocycles. The van der Waals surface area contributed by atoms with Crippen molar-refractivity contribution in [2.45, 2.75) is 0 Å². The van der Waals surface area contributed by atoms with E-state index in [-0.39, 0.29) is 0 Å². The van der Waals surface area contributed by atoms with Crippen molar-refractivity contribution in [1.29, 1.82) is 0 Å². The van der Waals surface area contributed by atoms with Crippen molar-refractivity contribution in [2.24, 2.45) is 0 Å². The average Bonchev–Trinajstić information content (AvgIpc) is 1.35. The van der Waals surface area contributed by atoms with E-state index in [2.05, 4.69) is 273 Å². The number of para-hydroxylation sites is 6. The van der Waals surface area contributed by atoms with E-state index in [9.17, 15) is 0 Å². The predicted octanol–water partition coefficient (Wildman–Crippen LogP) is 20.4. The largest absolute Gasteiger partial charge is 0.309 e. The van der Waals surface area contributed by atoms with Crippen molar-refractivity contribution in [3.63, 3.8) is 0 Å². The summed E-state index contributed by atoms with van der Waals surface area (Å²) in [5.41, 5.74) is 19.0. The minimum Gasteiger partial charge on any atom is -0.309 e. The smallest absolute Gasteiger partial charge is 0.164 e. The molecule has 0 saturated heterocycles. The summed E-state index contributed by atoms with van der Waals surface area (Å²) in [6.45, 7) is 0. The van der Waals surface area contributed by atoms with Crippen molar-refractivity contribution in [2.75, 3.05) is 0 Å². The van der Waals surface area contributed by atoms with Crippen LogP contribution in [0.5, 0.6) is 0 Å². The van der Waals surface area contributed by atoms with Crippen molar-refractivity contribution < 1.29 is 0 Å². The molecule has 0 atom stereocenters. The summed E-state index contributed by atoms with van der Waals surface area (Å²) in [6.07, 6.45) is 7.75. The van der Waals surface area contributed by atoms with Crippen molar-refractivity contribution in [3.8, 4) is 90.6 Å². The van der Waals surface area contributed by atoms with Crippen LogP contribution < -0.4 is 0 Å². The summed E-state index contributed by atoms with van der Waals surface area (Å²) < 4.78 is 9.48. The monoisotopic (exact) mass is 1200 g/mol. The third-order valence-corrected chi connectivity index (χ3v) is 18.6. The zero-order chi connectivity index (χ0) is 61.8. The highest BCUT2D eigenvalue weighted by Crippen LogP contribution is 2.51. The molecule has 438 valence electrons. The van der Waals surface area contributed by atoms with E-state index in [0.29, 0.717) is 23.3 Å². The lowest BCUT2D eigenvalue weighted by Crippen LogP contribution is -2.11. The van der Waals surface area contributed by atoms with Crippen molar-refractivity contribution >= 4 is 87.2 Å². The first kappa shape index (κ1) is 53.0. The first-order valence-electron chi connectivity index (χ1n) is 31.6. The van der Waals surface area contributed by atoms with Crippen molar-refractivity contribution in [1.82, 2.24) is 48.2 Å². The Bertz CT molecular complexity index is 5950. The third kappa shape index (κ3) is 8.23. The number of fused-ring (bicyclic) bond motifs is 12. The van der Waals surface area contributed by atoms with Crippen LogP contribution in [-0.4, -0.2) is 48.2 Å². The van der Waals surface area contributed by atoms with Gasteiger partial charge >= 0.3 is 0 Å². The van der Waals surface area contributed by atoms with Gasteiger partial charge in [0.2, 0.25) is 0 Å². The SMILES string of the molecule is c1ccc(-c2nc(-c3ccccc3)nc(-c3ccccc3-c3c(-c4ccc(-n5c6ccccc6c6ccccc65)cc4)c(-n4c5ccccc5c5ccncc54)nc(-c4ccc(-n5c6ccccc6c6ccccc65)cc4)c3-n3c4ccccc4c4ccncc43)n2)cc1. The molecular weight excluding hydrogens is 1150 g/mol. The van der Waals surface area contributed by atoms with Gasteiger partial charge in [0, 0.05) is 100 Å². The molecule has 0 aliphatic carbocycles. The number of pyridine rings is 3. The number of benzene rings is 11. The number of hydrogen-bond acceptors (Lipinski definition) is 6. The summed E-state index contributed by atoms with van der Waals surface area (Å²) in [6, 6.07) is 103. The summed E-state index contributed by atoms with van der Waals surface area (Å²) in [5, 5.41) is 9.07. The maximum Gasteiger partial charge on any atom is 0.164 e. The molecular formula is C84H52N10.